The van der Waals surface area contributed by atoms with Gasteiger partial charge in [-0.15, -0.1) is 0 Å². The molecule has 0 saturated carbocycles. The monoisotopic (exact) mass is 288 g/mol. The summed E-state index contributed by atoms with van der Waals surface area (Å²) in [6.45, 7) is 3.03. The largest absolute Gasteiger partial charge is 0.370 e. The summed E-state index contributed by atoms with van der Waals surface area (Å²) in [5.74, 6) is 0.569. The zero-order chi connectivity index (χ0) is 13.9. The van der Waals surface area contributed by atoms with Gasteiger partial charge in [-0.1, -0.05) is 0 Å². The lowest BCUT2D eigenvalue weighted by Gasteiger charge is -2.28. The molecular weight excluding hydrogens is 264 g/mol. The molecule has 0 unspecified atom stereocenters. The van der Waals surface area contributed by atoms with Crippen molar-refractivity contribution in [3.8, 4) is 0 Å². The average Bonchev–Trinajstić information content (AvgIpc) is 2.85. The Morgan fingerprint density at radius 2 is 1.89 bits per heavy atom. The number of hydrogen-bond acceptors (Lipinski definition) is 3. The van der Waals surface area contributed by atoms with Crippen molar-refractivity contribution in [2.45, 2.75) is 38.1 Å². The van der Waals surface area contributed by atoms with Gasteiger partial charge in [-0.05, 0) is 32.1 Å². The van der Waals surface area contributed by atoms with Crippen LogP contribution < -0.4 is 5.73 Å². The molecule has 0 aliphatic carbocycles. The van der Waals surface area contributed by atoms with Crippen LogP contribution in [0.4, 0.5) is 0 Å². The highest BCUT2D eigenvalue weighted by Crippen LogP contribution is 2.20. The van der Waals surface area contributed by atoms with Crippen molar-refractivity contribution >= 4 is 16.0 Å². The molecule has 6 nitrogen and oxygen atoms in total. The van der Waals surface area contributed by atoms with E-state index in [1.807, 2.05) is 0 Å². The van der Waals surface area contributed by atoms with Crippen LogP contribution in [0.5, 0.6) is 0 Å². The minimum Gasteiger partial charge on any atom is -0.370 e. The molecule has 0 bridgehead atoms. The molecule has 0 amide bonds. The van der Waals surface area contributed by atoms with Crippen molar-refractivity contribution in [3.63, 3.8) is 0 Å². The summed E-state index contributed by atoms with van der Waals surface area (Å²) in [5.41, 5.74) is 5.99. The standard InChI is InChI=1S/C12H24N4O2S/c1-19(17,18)16-9-5-6-11(16)10-14-12(13)15-7-3-2-4-8-15/h11H,2-10H2,1H3,(H2,13,14)/t11-/m1/s1. The maximum Gasteiger partial charge on any atom is 0.211 e. The SMILES string of the molecule is CS(=O)(=O)N1CCC[C@@H]1CN=C(N)N1CCCCC1. The number of likely N-dealkylation sites (tertiary alicyclic amines) is 1. The van der Waals surface area contributed by atoms with E-state index in [4.69, 9.17) is 5.73 Å². The van der Waals surface area contributed by atoms with Gasteiger partial charge in [0.25, 0.3) is 0 Å². The number of aliphatic imine (C=N–C) groups is 1. The van der Waals surface area contributed by atoms with E-state index in [9.17, 15) is 8.42 Å². The van der Waals surface area contributed by atoms with Crippen LogP contribution in [0.1, 0.15) is 32.1 Å². The van der Waals surface area contributed by atoms with E-state index in [2.05, 4.69) is 9.89 Å². The number of nitrogens with zero attached hydrogens (tertiary/aromatic N) is 3. The van der Waals surface area contributed by atoms with Gasteiger partial charge in [0.2, 0.25) is 10.0 Å². The smallest absolute Gasteiger partial charge is 0.211 e. The van der Waals surface area contributed by atoms with E-state index >= 15 is 0 Å². The molecule has 1 atom stereocenters. The average molecular weight is 288 g/mol. The summed E-state index contributed by atoms with van der Waals surface area (Å²) in [7, 11) is -3.11. The molecule has 110 valence electrons. The van der Waals surface area contributed by atoms with Gasteiger partial charge in [0.1, 0.15) is 0 Å². The van der Waals surface area contributed by atoms with Gasteiger partial charge in [0.05, 0.1) is 12.8 Å². The Morgan fingerprint density at radius 3 is 2.53 bits per heavy atom. The molecule has 2 aliphatic rings. The van der Waals surface area contributed by atoms with Crippen LogP contribution in [-0.4, -0.2) is 62.1 Å². The summed E-state index contributed by atoms with van der Waals surface area (Å²) in [4.78, 5) is 6.51. The first-order chi connectivity index (χ1) is 8.98. The highest BCUT2D eigenvalue weighted by molar-refractivity contribution is 7.88. The maximum absolute atomic E-state index is 11.6. The fourth-order valence-corrected chi connectivity index (χ4v) is 4.02. The Labute approximate surface area is 115 Å². The van der Waals surface area contributed by atoms with Gasteiger partial charge in [0, 0.05) is 25.7 Å². The van der Waals surface area contributed by atoms with Crippen LogP contribution in [0.3, 0.4) is 0 Å². The second-order valence-electron chi connectivity index (χ2n) is 5.42. The summed E-state index contributed by atoms with van der Waals surface area (Å²) in [6, 6.07) is -0.0154. The fraction of sp³-hybridized carbons (Fsp3) is 0.917. The second-order valence-corrected chi connectivity index (χ2v) is 7.35. The van der Waals surface area contributed by atoms with Crippen LogP contribution >= 0.6 is 0 Å². The van der Waals surface area contributed by atoms with Crippen molar-refractivity contribution < 1.29 is 8.42 Å². The van der Waals surface area contributed by atoms with Crippen molar-refractivity contribution in [1.29, 1.82) is 0 Å². The lowest BCUT2D eigenvalue weighted by atomic mass is 10.1. The third-order valence-electron chi connectivity index (χ3n) is 3.89. The quantitative estimate of drug-likeness (QED) is 0.595. The Balaban J connectivity index is 1.93. The molecule has 0 aromatic rings. The van der Waals surface area contributed by atoms with Crippen molar-refractivity contribution in [2.75, 3.05) is 32.4 Å². The Kier molecular flexibility index (Phi) is 4.67. The van der Waals surface area contributed by atoms with E-state index < -0.39 is 10.0 Å². The number of rotatable bonds is 3. The Bertz CT molecular complexity index is 429. The third-order valence-corrected chi connectivity index (χ3v) is 5.23. The second kappa shape index (κ2) is 6.09. The lowest BCUT2D eigenvalue weighted by Crippen LogP contribution is -2.42. The van der Waals surface area contributed by atoms with Crippen molar-refractivity contribution in [2.24, 2.45) is 10.7 Å². The topological polar surface area (TPSA) is 79.0 Å². The van der Waals surface area contributed by atoms with E-state index in [0.29, 0.717) is 19.0 Å². The van der Waals surface area contributed by atoms with Gasteiger partial charge in [0.15, 0.2) is 5.96 Å². The molecule has 0 spiro atoms. The zero-order valence-electron chi connectivity index (χ0n) is 11.6. The minimum absolute atomic E-state index is 0.0154. The normalized spacial score (nSPS) is 26.9. The summed E-state index contributed by atoms with van der Waals surface area (Å²) in [6.07, 6.45) is 6.64. The fourth-order valence-electron chi connectivity index (χ4n) is 2.85. The molecule has 2 fully saturated rings. The predicted molar refractivity (Wildman–Crippen MR) is 76.5 cm³/mol. The molecule has 2 rings (SSSR count). The molecule has 7 heteroatoms. The molecule has 2 aliphatic heterocycles. The molecular formula is C12H24N4O2S. The highest BCUT2D eigenvalue weighted by Gasteiger charge is 2.31. The van der Waals surface area contributed by atoms with E-state index in [0.717, 1.165) is 38.8 Å². The predicted octanol–water partition coefficient (Wildman–Crippen LogP) is 0.211. The van der Waals surface area contributed by atoms with Gasteiger partial charge in [-0.2, -0.15) is 4.31 Å². The molecule has 19 heavy (non-hydrogen) atoms. The van der Waals surface area contributed by atoms with Crippen LogP contribution in [-0.2, 0) is 10.0 Å². The van der Waals surface area contributed by atoms with E-state index in [1.54, 1.807) is 4.31 Å². The minimum atomic E-state index is -3.11. The van der Waals surface area contributed by atoms with Crippen LogP contribution in [0.2, 0.25) is 0 Å². The number of hydrogen-bond donors (Lipinski definition) is 1. The molecule has 0 aromatic carbocycles. The van der Waals surface area contributed by atoms with Gasteiger partial charge in [-0.3, -0.25) is 4.99 Å². The number of sulfonamides is 1. The van der Waals surface area contributed by atoms with Gasteiger partial charge < -0.3 is 10.6 Å². The maximum atomic E-state index is 11.6. The Hall–Kier alpha value is -0.820. The molecule has 2 saturated heterocycles. The first kappa shape index (κ1) is 14.6. The first-order valence-corrected chi connectivity index (χ1v) is 8.85. The molecule has 0 aromatic heterocycles. The van der Waals surface area contributed by atoms with Gasteiger partial charge in [-0.25, -0.2) is 8.42 Å². The summed E-state index contributed by atoms with van der Waals surface area (Å²) in [5, 5.41) is 0. The number of nitrogens with two attached hydrogens (primary N) is 1. The number of piperidine rings is 1. The van der Waals surface area contributed by atoms with Crippen LogP contribution in [0, 0.1) is 0 Å². The third kappa shape index (κ3) is 3.82. The summed E-state index contributed by atoms with van der Waals surface area (Å²) >= 11 is 0. The Morgan fingerprint density at radius 1 is 1.21 bits per heavy atom. The van der Waals surface area contributed by atoms with E-state index in [-0.39, 0.29) is 6.04 Å². The lowest BCUT2D eigenvalue weighted by molar-refractivity contribution is 0.335. The molecule has 2 N–H and O–H groups in total. The van der Waals surface area contributed by atoms with Gasteiger partial charge >= 0.3 is 0 Å². The van der Waals surface area contributed by atoms with Crippen molar-refractivity contribution in [3.05, 3.63) is 0 Å². The molecule has 0 radical (unpaired) electrons. The van der Waals surface area contributed by atoms with E-state index in [1.165, 1.54) is 12.7 Å². The first-order valence-electron chi connectivity index (χ1n) is 7.00. The van der Waals surface area contributed by atoms with Crippen LogP contribution in [0.15, 0.2) is 4.99 Å². The van der Waals surface area contributed by atoms with Crippen LogP contribution in [0.25, 0.3) is 0 Å². The summed E-state index contributed by atoms with van der Waals surface area (Å²) < 4.78 is 24.8. The number of guanidine groups is 1. The van der Waals surface area contributed by atoms with Crippen molar-refractivity contribution in [1.82, 2.24) is 9.21 Å². The highest BCUT2D eigenvalue weighted by atomic mass is 32.2. The molecule has 2 heterocycles. The zero-order valence-corrected chi connectivity index (χ0v) is 12.4.